The van der Waals surface area contributed by atoms with Crippen LogP contribution in [0.4, 0.5) is 10.5 Å². The molecule has 0 spiro atoms. The van der Waals surface area contributed by atoms with E-state index in [9.17, 15) is 14.4 Å². The van der Waals surface area contributed by atoms with Gasteiger partial charge in [-0.05, 0) is 44.9 Å². The zero-order valence-corrected chi connectivity index (χ0v) is 15.1. The van der Waals surface area contributed by atoms with Gasteiger partial charge in [-0.3, -0.25) is 9.78 Å². The summed E-state index contributed by atoms with van der Waals surface area (Å²) in [5, 5.41) is 2.88. The third kappa shape index (κ3) is 3.74. The third-order valence-corrected chi connectivity index (χ3v) is 4.78. The zero-order valence-electron chi connectivity index (χ0n) is 15.1. The molecule has 0 unspecified atom stereocenters. The van der Waals surface area contributed by atoms with Gasteiger partial charge in [-0.25, -0.2) is 9.59 Å². The number of hydrogen-bond acceptors (Lipinski definition) is 4. The molecule has 1 aromatic heterocycles. The smallest absolute Gasteiger partial charge is 0.408 e. The van der Waals surface area contributed by atoms with Crippen LogP contribution in [0.2, 0.25) is 0 Å². The van der Waals surface area contributed by atoms with Crippen LogP contribution in [0, 0.1) is 5.92 Å². The summed E-state index contributed by atoms with van der Waals surface area (Å²) in [6, 6.07) is 4.99. The Morgan fingerprint density at radius 1 is 1.35 bits per heavy atom. The van der Waals surface area contributed by atoms with Crippen LogP contribution in [0.1, 0.15) is 26.7 Å². The van der Waals surface area contributed by atoms with Gasteiger partial charge in [0.15, 0.2) is 5.58 Å². The fraction of sp³-hybridized carbons (Fsp3) is 0.500. The molecule has 3 amide bonds. The first kappa shape index (κ1) is 18.0. The van der Waals surface area contributed by atoms with Gasteiger partial charge in [-0.15, -0.1) is 0 Å². The minimum absolute atomic E-state index is 0.00936. The number of urea groups is 1. The van der Waals surface area contributed by atoms with Gasteiger partial charge in [0.05, 0.1) is 11.4 Å². The molecule has 0 radical (unpaired) electrons. The van der Waals surface area contributed by atoms with Crippen molar-refractivity contribution in [2.24, 2.45) is 5.92 Å². The summed E-state index contributed by atoms with van der Waals surface area (Å²) in [7, 11) is 0. The first-order chi connectivity index (χ1) is 12.5. The molecule has 1 aromatic carbocycles. The number of benzene rings is 1. The van der Waals surface area contributed by atoms with Crippen molar-refractivity contribution in [3.63, 3.8) is 0 Å². The summed E-state index contributed by atoms with van der Waals surface area (Å²) in [5.41, 5.74) is 1.57. The molecule has 26 heavy (non-hydrogen) atoms. The molecule has 0 bridgehead atoms. The van der Waals surface area contributed by atoms with Gasteiger partial charge in [0.2, 0.25) is 5.91 Å². The van der Waals surface area contributed by atoms with E-state index < -0.39 is 5.76 Å². The Balaban J connectivity index is 1.66. The maximum Gasteiger partial charge on any atom is 0.417 e. The molecule has 0 aliphatic carbocycles. The number of hydrogen-bond donors (Lipinski definition) is 2. The number of nitrogens with one attached hydrogen (secondary N) is 2. The number of anilines is 1. The Morgan fingerprint density at radius 3 is 2.85 bits per heavy atom. The second kappa shape index (κ2) is 7.63. The number of H-pyrrole nitrogens is 1. The zero-order chi connectivity index (χ0) is 18.7. The maximum absolute atomic E-state index is 12.6. The molecule has 1 fully saturated rings. The molecule has 1 aliphatic rings. The van der Waals surface area contributed by atoms with Crippen LogP contribution >= 0.6 is 0 Å². The number of fused-ring (bicyclic) bond motifs is 1. The second-order valence-corrected chi connectivity index (χ2v) is 6.45. The van der Waals surface area contributed by atoms with E-state index in [0.29, 0.717) is 43.0 Å². The average Bonchev–Trinajstić information content (AvgIpc) is 3.02. The summed E-state index contributed by atoms with van der Waals surface area (Å²) in [6.07, 6.45) is 1.55. The van der Waals surface area contributed by atoms with Gasteiger partial charge in [-0.1, -0.05) is 0 Å². The van der Waals surface area contributed by atoms with Crippen molar-refractivity contribution in [3.8, 4) is 0 Å². The number of amides is 3. The summed E-state index contributed by atoms with van der Waals surface area (Å²) in [4.78, 5) is 42.5. The molecular formula is C18H24N4O4. The molecule has 1 aliphatic heterocycles. The quantitative estimate of drug-likeness (QED) is 0.873. The van der Waals surface area contributed by atoms with Gasteiger partial charge in [0, 0.05) is 31.9 Å². The van der Waals surface area contributed by atoms with Crippen LogP contribution in [0.3, 0.4) is 0 Å². The number of oxazole rings is 1. The van der Waals surface area contributed by atoms with Gasteiger partial charge in [0.1, 0.15) is 0 Å². The van der Waals surface area contributed by atoms with Gasteiger partial charge < -0.3 is 19.5 Å². The molecule has 2 aromatic rings. The monoisotopic (exact) mass is 360 g/mol. The lowest BCUT2D eigenvalue weighted by molar-refractivity contribution is -0.121. The van der Waals surface area contributed by atoms with Crippen molar-refractivity contribution in [1.29, 1.82) is 0 Å². The van der Waals surface area contributed by atoms with E-state index in [2.05, 4.69) is 10.3 Å². The number of nitrogens with zero attached hydrogens (tertiary/aromatic N) is 2. The van der Waals surface area contributed by atoms with Crippen molar-refractivity contribution >= 4 is 28.7 Å². The Bertz CT molecular complexity index is 852. The van der Waals surface area contributed by atoms with Crippen molar-refractivity contribution < 1.29 is 14.0 Å². The summed E-state index contributed by atoms with van der Waals surface area (Å²) < 4.78 is 4.96. The number of aromatic amines is 1. The van der Waals surface area contributed by atoms with E-state index in [1.54, 1.807) is 28.0 Å². The molecular weight excluding hydrogens is 336 g/mol. The lowest BCUT2D eigenvalue weighted by Crippen LogP contribution is -2.49. The Hall–Kier alpha value is -2.77. The van der Waals surface area contributed by atoms with E-state index in [-0.39, 0.29) is 17.9 Å². The highest BCUT2D eigenvalue weighted by Crippen LogP contribution is 2.21. The summed E-state index contributed by atoms with van der Waals surface area (Å²) >= 11 is 0. The van der Waals surface area contributed by atoms with Crippen LogP contribution in [-0.2, 0) is 4.79 Å². The first-order valence-corrected chi connectivity index (χ1v) is 8.99. The van der Waals surface area contributed by atoms with Gasteiger partial charge in [0.25, 0.3) is 0 Å². The number of piperidine rings is 1. The van der Waals surface area contributed by atoms with Gasteiger partial charge in [-0.2, -0.15) is 0 Å². The van der Waals surface area contributed by atoms with Gasteiger partial charge >= 0.3 is 11.8 Å². The molecule has 1 saturated heterocycles. The normalized spacial score (nSPS) is 17.3. The van der Waals surface area contributed by atoms with Crippen molar-refractivity contribution in [1.82, 2.24) is 14.8 Å². The van der Waals surface area contributed by atoms with Crippen LogP contribution < -0.4 is 11.1 Å². The number of likely N-dealkylation sites (tertiary alicyclic amines) is 1. The van der Waals surface area contributed by atoms with Crippen LogP contribution in [-0.4, -0.2) is 52.9 Å². The average molecular weight is 360 g/mol. The minimum atomic E-state index is -0.527. The molecule has 8 nitrogen and oxygen atoms in total. The van der Waals surface area contributed by atoms with E-state index in [1.165, 1.54) is 0 Å². The van der Waals surface area contributed by atoms with E-state index in [4.69, 9.17) is 4.42 Å². The molecule has 0 saturated carbocycles. The molecule has 8 heteroatoms. The van der Waals surface area contributed by atoms with Crippen LogP contribution in [0.15, 0.2) is 27.4 Å². The summed E-state index contributed by atoms with van der Waals surface area (Å²) in [5.74, 6) is -0.893. The maximum atomic E-state index is 12.6. The number of rotatable bonds is 4. The lowest BCUT2D eigenvalue weighted by Gasteiger charge is -2.35. The summed E-state index contributed by atoms with van der Waals surface area (Å²) in [6.45, 7) is 6.32. The SMILES string of the molecule is CCN(CC)C(=O)N1CCC[C@H](C(=O)Nc2ccc3oc(=O)[nH]c3c2)C1. The molecule has 1 atom stereocenters. The standard InChI is InChI=1S/C18H24N4O4/c1-3-21(4-2)18(25)22-9-5-6-12(11-22)16(23)19-13-7-8-15-14(10-13)20-17(24)26-15/h7-8,10,12H,3-6,9,11H2,1-2H3,(H,19,23)(H,20,24)/t12-/m0/s1. The van der Waals surface area contributed by atoms with Crippen LogP contribution in [0.5, 0.6) is 0 Å². The fourth-order valence-corrected chi connectivity index (χ4v) is 3.33. The van der Waals surface area contributed by atoms with Crippen molar-refractivity contribution in [2.45, 2.75) is 26.7 Å². The highest BCUT2D eigenvalue weighted by atomic mass is 16.4. The predicted molar refractivity (Wildman–Crippen MR) is 98.1 cm³/mol. The predicted octanol–water partition coefficient (Wildman–Crippen LogP) is 2.23. The number of carbonyl (C=O) groups excluding carboxylic acids is 2. The van der Waals surface area contributed by atoms with E-state index in [0.717, 1.165) is 12.8 Å². The first-order valence-electron chi connectivity index (χ1n) is 8.99. The Morgan fingerprint density at radius 2 is 2.12 bits per heavy atom. The highest BCUT2D eigenvalue weighted by Gasteiger charge is 2.30. The second-order valence-electron chi connectivity index (χ2n) is 6.45. The lowest BCUT2D eigenvalue weighted by atomic mass is 9.97. The van der Waals surface area contributed by atoms with E-state index in [1.807, 2.05) is 13.8 Å². The third-order valence-electron chi connectivity index (χ3n) is 4.78. The molecule has 3 rings (SSSR count). The van der Waals surface area contributed by atoms with Crippen molar-refractivity contribution in [2.75, 3.05) is 31.5 Å². The molecule has 2 N–H and O–H groups in total. The fourth-order valence-electron chi connectivity index (χ4n) is 3.33. The Kier molecular flexibility index (Phi) is 5.29. The largest absolute Gasteiger partial charge is 0.417 e. The van der Waals surface area contributed by atoms with Crippen LogP contribution in [0.25, 0.3) is 11.1 Å². The van der Waals surface area contributed by atoms with Crippen molar-refractivity contribution in [3.05, 3.63) is 28.7 Å². The number of carbonyl (C=O) groups is 2. The number of aromatic nitrogens is 1. The topological polar surface area (TPSA) is 98.7 Å². The van der Waals surface area contributed by atoms with E-state index >= 15 is 0 Å². The highest BCUT2D eigenvalue weighted by molar-refractivity contribution is 5.94. The molecule has 140 valence electrons. The minimum Gasteiger partial charge on any atom is -0.408 e. The molecule has 2 heterocycles. The Labute approximate surface area is 151 Å².